The number of aliphatic imine (C=N–C) groups is 1. The molecule has 4 N–H and O–H groups in total. The zero-order valence-electron chi connectivity index (χ0n) is 33.5. The number of benzene rings is 2. The highest BCUT2D eigenvalue weighted by molar-refractivity contribution is 7.15. The van der Waals surface area contributed by atoms with Crippen molar-refractivity contribution in [2.75, 3.05) is 18.4 Å². The van der Waals surface area contributed by atoms with E-state index in [1.54, 1.807) is 34.3 Å². The van der Waals surface area contributed by atoms with Gasteiger partial charge in [-0.1, -0.05) is 35.0 Å². The maximum Gasteiger partial charge on any atom is 0.264 e. The fraction of sp³-hybridized carbons (Fsp3) is 0.341. The quantitative estimate of drug-likeness (QED) is 0.0933. The molecule has 8 rings (SSSR count). The molecule has 6 amide bonds. The van der Waals surface area contributed by atoms with Crippen molar-refractivity contribution >= 4 is 69.8 Å². The van der Waals surface area contributed by atoms with Gasteiger partial charge in [0.1, 0.15) is 28.6 Å². The van der Waals surface area contributed by atoms with E-state index >= 15 is 0 Å². The Morgan fingerprint density at radius 3 is 2.52 bits per heavy atom. The van der Waals surface area contributed by atoms with Crippen LogP contribution in [0.1, 0.15) is 97.8 Å². The lowest BCUT2D eigenvalue weighted by Gasteiger charge is -2.27. The maximum atomic E-state index is 13.4. The Morgan fingerprint density at radius 2 is 1.74 bits per heavy atom. The predicted molar refractivity (Wildman–Crippen MR) is 224 cm³/mol. The molecule has 2 unspecified atom stereocenters. The van der Waals surface area contributed by atoms with Crippen LogP contribution in [-0.4, -0.2) is 94.9 Å². The van der Waals surface area contributed by atoms with Gasteiger partial charge in [-0.25, -0.2) is 0 Å². The van der Waals surface area contributed by atoms with Crippen molar-refractivity contribution in [2.24, 2.45) is 4.99 Å². The number of aryl methyl sites for hydroxylation is 3. The van der Waals surface area contributed by atoms with Crippen LogP contribution >= 0.6 is 22.9 Å². The van der Waals surface area contributed by atoms with Gasteiger partial charge in [-0.15, -0.1) is 26.6 Å². The van der Waals surface area contributed by atoms with Crippen molar-refractivity contribution in [3.05, 3.63) is 104 Å². The van der Waals surface area contributed by atoms with Crippen LogP contribution in [0.2, 0.25) is 5.02 Å². The number of fused-ring (bicyclic) bond motifs is 4. The van der Waals surface area contributed by atoms with Crippen LogP contribution in [0.25, 0.3) is 5.00 Å². The van der Waals surface area contributed by atoms with E-state index in [9.17, 15) is 28.8 Å². The molecule has 0 radical (unpaired) electrons. The number of aromatic nitrogens is 6. The van der Waals surface area contributed by atoms with Crippen LogP contribution in [0, 0.1) is 20.8 Å². The molecule has 5 aromatic rings. The standard InChI is InChI=1S/C41H41ClN12O6S/c1-21-22(2)61-41-34(21)36(24-9-11-25(42)12-10-24)46-29(37-50-48-23(3)53(37)41)17-32(56)45-18-26-20-52(51-49-26)16-5-4-15-43-33(57)19-44-28-8-6-7-27-35(28)40(60)54(39(27)59)30-13-14-31(55)47-38(30)58/h6-12,20,29-30,44H,4-5,13-19H2,1-3H3,(H,43,57)(H,45,56)(H,47,55,58). The average molecular weight is 865 g/mol. The van der Waals surface area contributed by atoms with E-state index in [2.05, 4.69) is 55.6 Å². The first-order chi connectivity index (χ1) is 29.4. The van der Waals surface area contributed by atoms with Gasteiger partial charge in [-0.2, -0.15) is 0 Å². The molecule has 0 bridgehead atoms. The zero-order chi connectivity index (χ0) is 42.9. The van der Waals surface area contributed by atoms with E-state index in [4.69, 9.17) is 16.6 Å². The lowest BCUT2D eigenvalue weighted by atomic mass is 9.99. The molecule has 20 heteroatoms. The molecule has 18 nitrogen and oxygen atoms in total. The van der Waals surface area contributed by atoms with Gasteiger partial charge >= 0.3 is 0 Å². The summed E-state index contributed by atoms with van der Waals surface area (Å²) in [6.45, 7) is 6.97. The highest BCUT2D eigenvalue weighted by Crippen LogP contribution is 2.40. The summed E-state index contributed by atoms with van der Waals surface area (Å²) in [5.74, 6) is -1.68. The van der Waals surface area contributed by atoms with Crippen LogP contribution in [-0.2, 0) is 32.3 Å². The number of thiophene rings is 1. The summed E-state index contributed by atoms with van der Waals surface area (Å²) >= 11 is 7.87. The third-order valence-corrected chi connectivity index (χ3v) is 12.3. The number of imide groups is 2. The fourth-order valence-corrected chi connectivity index (χ4v) is 8.97. The van der Waals surface area contributed by atoms with Crippen LogP contribution < -0.4 is 21.3 Å². The molecular formula is C41H41ClN12O6S. The molecule has 0 saturated carbocycles. The van der Waals surface area contributed by atoms with Crippen LogP contribution in [0.5, 0.6) is 0 Å². The highest BCUT2D eigenvalue weighted by atomic mass is 35.5. The second-order valence-electron chi connectivity index (χ2n) is 14.9. The van der Waals surface area contributed by atoms with Gasteiger partial charge in [0.15, 0.2) is 5.82 Å². The van der Waals surface area contributed by atoms with Crippen molar-refractivity contribution < 1.29 is 28.8 Å². The topological polar surface area (TPSA) is 228 Å². The number of nitrogens with one attached hydrogen (secondary N) is 4. The number of anilines is 1. The minimum absolute atomic E-state index is 0.0185. The molecule has 1 saturated heterocycles. The lowest BCUT2D eigenvalue weighted by molar-refractivity contribution is -0.136. The Balaban J connectivity index is 0.803. The number of hydrogen-bond donors (Lipinski definition) is 4. The first-order valence-corrected chi connectivity index (χ1v) is 20.9. The van der Waals surface area contributed by atoms with Crippen molar-refractivity contribution in [3.8, 4) is 5.00 Å². The molecule has 3 aromatic heterocycles. The summed E-state index contributed by atoms with van der Waals surface area (Å²) in [4.78, 5) is 83.7. The molecule has 0 aliphatic carbocycles. The summed E-state index contributed by atoms with van der Waals surface area (Å²) in [5, 5.41) is 29.7. The van der Waals surface area contributed by atoms with Gasteiger partial charge in [0.05, 0.1) is 42.5 Å². The number of carbonyl (C=O) groups excluding carboxylic acids is 6. The zero-order valence-corrected chi connectivity index (χ0v) is 35.0. The van der Waals surface area contributed by atoms with E-state index in [0.29, 0.717) is 54.0 Å². The van der Waals surface area contributed by atoms with Crippen molar-refractivity contribution in [1.82, 2.24) is 50.6 Å². The Bertz CT molecular complexity index is 2630. The van der Waals surface area contributed by atoms with Crippen molar-refractivity contribution in [1.29, 1.82) is 0 Å². The average Bonchev–Trinajstić information content (AvgIpc) is 3.97. The molecule has 6 heterocycles. The van der Waals surface area contributed by atoms with E-state index in [1.165, 1.54) is 6.07 Å². The SMILES string of the molecule is Cc1sc2c(c1C)C(c1ccc(Cl)cc1)=NC(CC(=O)NCc1cn(CCCCNC(=O)CNc3cccc4c3C(=O)N(C3CCC(=O)NC3=O)C4=O)nn1)c1nnc(C)n1-2. The minimum Gasteiger partial charge on any atom is -0.375 e. The lowest BCUT2D eigenvalue weighted by Crippen LogP contribution is -2.54. The molecule has 1 fully saturated rings. The van der Waals surface area contributed by atoms with Crippen LogP contribution in [0.15, 0.2) is 53.7 Å². The number of nitrogens with zero attached hydrogens (tertiary/aromatic N) is 8. The number of amides is 6. The first kappa shape index (κ1) is 41.1. The molecule has 61 heavy (non-hydrogen) atoms. The normalized spacial score (nSPS) is 17.0. The molecule has 2 aromatic carbocycles. The van der Waals surface area contributed by atoms with E-state index in [1.807, 2.05) is 35.8 Å². The van der Waals surface area contributed by atoms with Crippen LogP contribution in [0.3, 0.4) is 0 Å². The molecule has 3 aliphatic heterocycles. The summed E-state index contributed by atoms with van der Waals surface area (Å²) in [6.07, 6.45) is 3.19. The molecule has 2 atom stereocenters. The number of unbranched alkanes of at least 4 members (excludes halogenated alkanes) is 1. The third-order valence-electron chi connectivity index (χ3n) is 10.8. The second-order valence-corrected chi connectivity index (χ2v) is 16.6. The minimum atomic E-state index is -1.08. The monoisotopic (exact) mass is 864 g/mol. The second kappa shape index (κ2) is 17.2. The van der Waals surface area contributed by atoms with Gasteiger partial charge in [0.25, 0.3) is 11.8 Å². The Morgan fingerprint density at radius 1 is 0.934 bits per heavy atom. The number of halogens is 1. The maximum absolute atomic E-state index is 13.4. The van der Waals surface area contributed by atoms with Gasteiger partial charge in [0, 0.05) is 46.2 Å². The van der Waals surface area contributed by atoms with E-state index in [-0.39, 0.29) is 55.3 Å². The van der Waals surface area contributed by atoms with E-state index < -0.39 is 35.7 Å². The van der Waals surface area contributed by atoms with Gasteiger partial charge in [-0.3, -0.25) is 53.2 Å². The van der Waals surface area contributed by atoms with Crippen LogP contribution in [0.4, 0.5) is 5.69 Å². The highest BCUT2D eigenvalue weighted by Gasteiger charge is 2.45. The summed E-state index contributed by atoms with van der Waals surface area (Å²) in [6, 6.07) is 10.5. The molecular weight excluding hydrogens is 824 g/mol. The predicted octanol–water partition coefficient (Wildman–Crippen LogP) is 3.51. The number of piperidine rings is 1. The molecule has 314 valence electrons. The Kier molecular flexibility index (Phi) is 11.6. The third kappa shape index (κ3) is 8.30. The number of carbonyl (C=O) groups is 6. The molecule has 3 aliphatic rings. The largest absolute Gasteiger partial charge is 0.375 e. The fourth-order valence-electron chi connectivity index (χ4n) is 7.63. The number of rotatable bonds is 14. The van der Waals surface area contributed by atoms with Gasteiger partial charge in [-0.05, 0) is 69.9 Å². The van der Waals surface area contributed by atoms with Crippen molar-refractivity contribution in [3.63, 3.8) is 0 Å². The number of hydrogen-bond acceptors (Lipinski definition) is 13. The summed E-state index contributed by atoms with van der Waals surface area (Å²) < 4.78 is 3.68. The Labute approximate surface area is 358 Å². The smallest absolute Gasteiger partial charge is 0.264 e. The summed E-state index contributed by atoms with van der Waals surface area (Å²) in [5.41, 5.74) is 4.82. The van der Waals surface area contributed by atoms with Crippen molar-refractivity contribution in [2.45, 2.75) is 78.0 Å². The molecule has 0 spiro atoms. The van der Waals surface area contributed by atoms with Gasteiger partial charge in [0.2, 0.25) is 23.6 Å². The first-order valence-electron chi connectivity index (χ1n) is 19.7. The summed E-state index contributed by atoms with van der Waals surface area (Å²) in [7, 11) is 0. The Hall–Kier alpha value is -6.60. The van der Waals surface area contributed by atoms with Gasteiger partial charge < -0.3 is 16.0 Å². The van der Waals surface area contributed by atoms with E-state index in [0.717, 1.165) is 37.2 Å².